The molecule has 0 aliphatic carbocycles. The topological polar surface area (TPSA) is 60.7 Å². The molecular weight excluding hydrogens is 332 g/mol. The Kier molecular flexibility index (Phi) is 5.89. The fourth-order valence-corrected chi connectivity index (χ4v) is 5.40. The van der Waals surface area contributed by atoms with E-state index in [1.54, 1.807) is 0 Å². The zero-order chi connectivity index (χ0) is 17.6. The minimum absolute atomic E-state index is 0.0533. The molecule has 0 saturated heterocycles. The van der Waals surface area contributed by atoms with Crippen LogP contribution in [0.25, 0.3) is 0 Å². The third kappa shape index (κ3) is 3.62. The minimum Gasteiger partial charge on any atom is -0.391 e. The van der Waals surface area contributed by atoms with Crippen LogP contribution in [0, 0.1) is 0 Å². The third-order valence-corrected chi connectivity index (χ3v) is 6.60. The van der Waals surface area contributed by atoms with E-state index in [2.05, 4.69) is 0 Å². The van der Waals surface area contributed by atoms with Crippen molar-refractivity contribution < 1.29 is 15.3 Å². The van der Waals surface area contributed by atoms with E-state index in [0.717, 1.165) is 31.4 Å². The summed E-state index contributed by atoms with van der Waals surface area (Å²) in [7, 11) is -0.529. The number of rotatable bonds is 6. The van der Waals surface area contributed by atoms with Gasteiger partial charge in [0.15, 0.2) is 14.7 Å². The van der Waals surface area contributed by atoms with Crippen LogP contribution in [0.3, 0.4) is 0 Å². The van der Waals surface area contributed by atoms with Crippen molar-refractivity contribution in [3.8, 4) is 0 Å². The molecule has 4 heteroatoms. The van der Waals surface area contributed by atoms with Crippen LogP contribution in [0.5, 0.6) is 0 Å². The van der Waals surface area contributed by atoms with Crippen molar-refractivity contribution in [3.63, 3.8) is 0 Å². The minimum atomic E-state index is -0.529. The maximum absolute atomic E-state index is 9.82. The summed E-state index contributed by atoms with van der Waals surface area (Å²) < 4.78 is 0. The van der Waals surface area contributed by atoms with Crippen LogP contribution in [-0.2, 0) is 30.7 Å². The van der Waals surface area contributed by atoms with Gasteiger partial charge in [0.2, 0.25) is 0 Å². The number of hydrogen-bond donors (Lipinski definition) is 3. The molecular formula is C21H21O3S+. The first-order valence-corrected chi connectivity index (χ1v) is 9.33. The van der Waals surface area contributed by atoms with Gasteiger partial charge in [-0.05, 0) is 18.2 Å². The van der Waals surface area contributed by atoms with Gasteiger partial charge in [0.25, 0.3) is 0 Å². The highest BCUT2D eigenvalue weighted by atomic mass is 32.2. The zero-order valence-corrected chi connectivity index (χ0v) is 14.6. The van der Waals surface area contributed by atoms with Gasteiger partial charge in [0.05, 0.1) is 19.8 Å². The highest BCUT2D eigenvalue weighted by molar-refractivity contribution is 7.97. The van der Waals surface area contributed by atoms with Gasteiger partial charge < -0.3 is 15.3 Å². The third-order valence-electron chi connectivity index (χ3n) is 4.09. The molecule has 25 heavy (non-hydrogen) atoms. The number of benzene rings is 3. The van der Waals surface area contributed by atoms with E-state index in [0.29, 0.717) is 0 Å². The average Bonchev–Trinajstić information content (AvgIpc) is 2.69. The lowest BCUT2D eigenvalue weighted by Crippen LogP contribution is -2.12. The summed E-state index contributed by atoms with van der Waals surface area (Å²) in [5.41, 5.74) is 2.56. The molecule has 3 aromatic rings. The fraction of sp³-hybridized carbons (Fsp3) is 0.143. The molecule has 0 amide bonds. The molecule has 0 atom stereocenters. The molecule has 0 aromatic heterocycles. The summed E-state index contributed by atoms with van der Waals surface area (Å²) in [4.78, 5) is 3.02. The van der Waals surface area contributed by atoms with Gasteiger partial charge in [-0.2, -0.15) is 0 Å². The summed E-state index contributed by atoms with van der Waals surface area (Å²) in [6.45, 7) is -0.160. The standard InChI is InChI=1S/C21H21O3S/c22-13-16-7-1-4-10-19(16)25(20-11-5-2-8-17(20)14-23)21-12-6-3-9-18(21)15-24/h1-12,22-24H,13-15H2/q+1. The first-order chi connectivity index (χ1) is 12.3. The molecule has 0 unspecified atom stereocenters. The summed E-state index contributed by atoms with van der Waals surface area (Å²) >= 11 is 0. The van der Waals surface area contributed by atoms with Gasteiger partial charge in [-0.1, -0.05) is 54.6 Å². The van der Waals surface area contributed by atoms with Crippen molar-refractivity contribution in [1.82, 2.24) is 0 Å². The summed E-state index contributed by atoms with van der Waals surface area (Å²) in [5.74, 6) is 0. The second kappa shape index (κ2) is 8.32. The highest BCUT2D eigenvalue weighted by Gasteiger charge is 2.34. The Morgan fingerprint density at radius 1 is 0.480 bits per heavy atom. The van der Waals surface area contributed by atoms with Gasteiger partial charge >= 0.3 is 0 Å². The monoisotopic (exact) mass is 353 g/mol. The molecule has 0 aliphatic rings. The second-order valence-electron chi connectivity index (χ2n) is 5.60. The molecule has 0 spiro atoms. The van der Waals surface area contributed by atoms with Gasteiger partial charge in [-0.15, -0.1) is 0 Å². The summed E-state index contributed by atoms with van der Waals surface area (Å²) in [6, 6.07) is 23.4. The number of aliphatic hydroxyl groups excluding tert-OH is 3. The maximum Gasteiger partial charge on any atom is 0.172 e. The summed E-state index contributed by atoms with van der Waals surface area (Å²) in [5, 5.41) is 29.5. The average molecular weight is 353 g/mol. The van der Waals surface area contributed by atoms with Crippen molar-refractivity contribution in [2.24, 2.45) is 0 Å². The zero-order valence-electron chi connectivity index (χ0n) is 13.8. The molecule has 3 aromatic carbocycles. The van der Waals surface area contributed by atoms with Crippen LogP contribution in [0.1, 0.15) is 16.7 Å². The van der Waals surface area contributed by atoms with E-state index in [9.17, 15) is 15.3 Å². The molecule has 128 valence electrons. The fourth-order valence-electron chi connectivity index (χ4n) is 2.86. The SMILES string of the molecule is OCc1ccccc1[S+](c1ccccc1CO)c1ccccc1CO. The van der Waals surface area contributed by atoms with Crippen LogP contribution in [-0.4, -0.2) is 15.3 Å². The Morgan fingerprint density at radius 2 is 0.760 bits per heavy atom. The number of hydrogen-bond acceptors (Lipinski definition) is 3. The van der Waals surface area contributed by atoms with E-state index in [1.807, 2.05) is 72.8 Å². The largest absolute Gasteiger partial charge is 0.391 e. The molecule has 0 heterocycles. The molecule has 0 saturated carbocycles. The molecule has 0 fully saturated rings. The van der Waals surface area contributed by atoms with Gasteiger partial charge in [-0.3, -0.25) is 0 Å². The van der Waals surface area contributed by atoms with Crippen LogP contribution in [0.2, 0.25) is 0 Å². The Balaban J connectivity index is 2.29. The van der Waals surface area contributed by atoms with E-state index < -0.39 is 10.9 Å². The van der Waals surface area contributed by atoms with E-state index in [4.69, 9.17) is 0 Å². The lowest BCUT2D eigenvalue weighted by Gasteiger charge is -2.15. The molecule has 3 rings (SSSR count). The Labute approximate surface area is 150 Å². The molecule has 0 radical (unpaired) electrons. The second-order valence-corrected chi connectivity index (χ2v) is 7.54. The van der Waals surface area contributed by atoms with Crippen LogP contribution >= 0.6 is 0 Å². The molecule has 3 N–H and O–H groups in total. The highest BCUT2D eigenvalue weighted by Crippen LogP contribution is 2.36. The van der Waals surface area contributed by atoms with Crippen molar-refractivity contribution in [2.45, 2.75) is 34.5 Å². The molecule has 0 bridgehead atoms. The smallest absolute Gasteiger partial charge is 0.172 e. The first kappa shape index (κ1) is 17.7. The molecule has 0 aliphatic heterocycles. The summed E-state index contributed by atoms with van der Waals surface area (Å²) in [6.07, 6.45) is 0. The van der Waals surface area contributed by atoms with E-state index in [-0.39, 0.29) is 19.8 Å². The van der Waals surface area contributed by atoms with Crippen molar-refractivity contribution in [1.29, 1.82) is 0 Å². The van der Waals surface area contributed by atoms with Crippen molar-refractivity contribution in [3.05, 3.63) is 89.5 Å². The van der Waals surface area contributed by atoms with E-state index in [1.165, 1.54) is 0 Å². The van der Waals surface area contributed by atoms with Crippen molar-refractivity contribution >= 4 is 10.9 Å². The number of aliphatic hydroxyl groups is 3. The first-order valence-electron chi connectivity index (χ1n) is 8.10. The lowest BCUT2D eigenvalue weighted by molar-refractivity contribution is 0.277. The lowest BCUT2D eigenvalue weighted by atomic mass is 10.2. The quantitative estimate of drug-likeness (QED) is 0.596. The molecule has 3 nitrogen and oxygen atoms in total. The predicted octanol–water partition coefficient (Wildman–Crippen LogP) is 3.26. The van der Waals surface area contributed by atoms with Crippen LogP contribution < -0.4 is 0 Å². The van der Waals surface area contributed by atoms with E-state index >= 15 is 0 Å². The van der Waals surface area contributed by atoms with Crippen LogP contribution in [0.15, 0.2) is 87.5 Å². The van der Waals surface area contributed by atoms with Crippen molar-refractivity contribution in [2.75, 3.05) is 0 Å². The Morgan fingerprint density at radius 3 is 1.04 bits per heavy atom. The Bertz CT molecular complexity index is 735. The van der Waals surface area contributed by atoms with Gasteiger partial charge in [0, 0.05) is 16.7 Å². The predicted molar refractivity (Wildman–Crippen MR) is 99.3 cm³/mol. The van der Waals surface area contributed by atoms with Crippen LogP contribution in [0.4, 0.5) is 0 Å². The van der Waals surface area contributed by atoms with Gasteiger partial charge in [0.1, 0.15) is 10.9 Å². The van der Waals surface area contributed by atoms with Gasteiger partial charge in [-0.25, -0.2) is 0 Å². The maximum atomic E-state index is 9.82. The Hall–Kier alpha value is -2.11. The normalized spacial score (nSPS) is 11.0.